The molecule has 19 heavy (non-hydrogen) atoms. The topological polar surface area (TPSA) is 52.6 Å². The molecule has 0 aromatic carbocycles. The molecule has 2 saturated carbocycles. The highest BCUT2D eigenvalue weighted by Gasteiger charge is 2.32. The summed E-state index contributed by atoms with van der Waals surface area (Å²) in [6, 6.07) is 0.406. The highest BCUT2D eigenvalue weighted by Crippen LogP contribution is 2.26. The third-order valence-electron chi connectivity index (χ3n) is 4.36. The monoisotopic (exact) mass is 268 g/mol. The first-order chi connectivity index (χ1) is 9.31. The maximum absolute atomic E-state index is 12.1. The molecule has 2 aliphatic rings. The van der Waals surface area contributed by atoms with Gasteiger partial charge in [-0.15, -0.1) is 0 Å². The number of carbonyl (C=O) groups excluding carboxylic acids is 1. The average molecular weight is 268 g/mol. The minimum Gasteiger partial charge on any atom is -0.395 e. The summed E-state index contributed by atoms with van der Waals surface area (Å²) in [5, 5.41) is 12.1. The summed E-state index contributed by atoms with van der Waals surface area (Å²) in [4.78, 5) is 13.9. The first-order valence-electron chi connectivity index (χ1n) is 7.96. The highest BCUT2D eigenvalue weighted by atomic mass is 16.3. The lowest BCUT2D eigenvalue weighted by molar-refractivity contribution is 0.171. The lowest BCUT2D eigenvalue weighted by Crippen LogP contribution is -2.44. The largest absolute Gasteiger partial charge is 0.395 e. The van der Waals surface area contributed by atoms with E-state index < -0.39 is 0 Å². The minimum absolute atomic E-state index is 0.0265. The van der Waals surface area contributed by atoms with Crippen molar-refractivity contribution in [2.75, 3.05) is 19.7 Å². The van der Waals surface area contributed by atoms with Gasteiger partial charge in [-0.3, -0.25) is 0 Å². The van der Waals surface area contributed by atoms with Gasteiger partial charge < -0.3 is 15.3 Å². The molecule has 0 aliphatic heterocycles. The van der Waals surface area contributed by atoms with Crippen molar-refractivity contribution in [2.45, 2.75) is 63.8 Å². The third kappa shape index (κ3) is 5.01. The first kappa shape index (κ1) is 14.6. The Morgan fingerprint density at radius 3 is 2.26 bits per heavy atom. The van der Waals surface area contributed by atoms with Crippen molar-refractivity contribution in [1.82, 2.24) is 10.2 Å². The summed E-state index contributed by atoms with van der Waals surface area (Å²) in [5.74, 6) is 0.652. The first-order valence-corrected chi connectivity index (χ1v) is 7.96. The fraction of sp³-hybridized carbons (Fsp3) is 0.933. The zero-order chi connectivity index (χ0) is 13.5. The molecule has 2 amide bonds. The van der Waals surface area contributed by atoms with E-state index in [1.807, 2.05) is 4.90 Å². The summed E-state index contributed by atoms with van der Waals surface area (Å²) in [6.45, 7) is 1.35. The number of nitrogens with zero attached hydrogens (tertiary/aromatic N) is 1. The number of aliphatic hydroxyl groups is 1. The fourth-order valence-electron chi connectivity index (χ4n) is 3.02. The number of carbonyl (C=O) groups is 1. The predicted molar refractivity (Wildman–Crippen MR) is 76.0 cm³/mol. The molecule has 0 spiro atoms. The van der Waals surface area contributed by atoms with E-state index in [4.69, 9.17) is 5.11 Å². The molecule has 4 heteroatoms. The van der Waals surface area contributed by atoms with Crippen LogP contribution in [0.15, 0.2) is 0 Å². The maximum Gasteiger partial charge on any atom is 0.317 e. The molecule has 0 bridgehead atoms. The molecule has 2 fully saturated rings. The second-order valence-electron chi connectivity index (χ2n) is 6.05. The number of hydrogen-bond donors (Lipinski definition) is 2. The van der Waals surface area contributed by atoms with E-state index in [2.05, 4.69) is 5.32 Å². The van der Waals surface area contributed by atoms with Gasteiger partial charge in [0.25, 0.3) is 0 Å². The number of aliphatic hydroxyl groups excluding tert-OH is 1. The molecule has 0 atom stereocenters. The van der Waals surface area contributed by atoms with Crippen molar-refractivity contribution in [1.29, 1.82) is 0 Å². The van der Waals surface area contributed by atoms with Gasteiger partial charge in [-0.05, 0) is 31.6 Å². The minimum atomic E-state index is 0.0265. The van der Waals surface area contributed by atoms with E-state index in [-0.39, 0.29) is 12.6 Å². The Morgan fingerprint density at radius 1 is 1.05 bits per heavy atom. The molecule has 0 saturated heterocycles. The van der Waals surface area contributed by atoms with Gasteiger partial charge in [0, 0.05) is 19.1 Å². The Kier molecular flexibility index (Phi) is 5.95. The summed E-state index contributed by atoms with van der Waals surface area (Å²) in [5.41, 5.74) is 0. The zero-order valence-electron chi connectivity index (χ0n) is 11.9. The molecule has 4 nitrogen and oxygen atoms in total. The van der Waals surface area contributed by atoms with Gasteiger partial charge in [0.15, 0.2) is 0 Å². The number of urea groups is 1. The van der Waals surface area contributed by atoms with Gasteiger partial charge in [0.2, 0.25) is 0 Å². The van der Waals surface area contributed by atoms with E-state index in [1.165, 1.54) is 44.9 Å². The molecule has 2 rings (SSSR count). The third-order valence-corrected chi connectivity index (χ3v) is 4.36. The van der Waals surface area contributed by atoms with E-state index in [0.29, 0.717) is 18.5 Å². The van der Waals surface area contributed by atoms with Crippen molar-refractivity contribution >= 4 is 6.03 Å². The van der Waals surface area contributed by atoms with Gasteiger partial charge in [0.1, 0.15) is 0 Å². The molecule has 2 aliphatic carbocycles. The van der Waals surface area contributed by atoms with Gasteiger partial charge >= 0.3 is 6.03 Å². The quantitative estimate of drug-likeness (QED) is 0.805. The van der Waals surface area contributed by atoms with Crippen molar-refractivity contribution in [3.8, 4) is 0 Å². The van der Waals surface area contributed by atoms with Crippen LogP contribution >= 0.6 is 0 Å². The van der Waals surface area contributed by atoms with Crippen LogP contribution in [0, 0.1) is 5.92 Å². The lowest BCUT2D eigenvalue weighted by Gasteiger charge is -2.25. The van der Waals surface area contributed by atoms with Gasteiger partial charge in [-0.2, -0.15) is 0 Å². The van der Waals surface area contributed by atoms with Crippen LogP contribution in [0.25, 0.3) is 0 Å². The van der Waals surface area contributed by atoms with Crippen molar-refractivity contribution in [2.24, 2.45) is 5.92 Å². The van der Waals surface area contributed by atoms with Crippen LogP contribution < -0.4 is 5.32 Å². The summed E-state index contributed by atoms with van der Waals surface area (Å²) in [6.07, 6.45) is 11.4. The maximum atomic E-state index is 12.1. The highest BCUT2D eigenvalue weighted by molar-refractivity contribution is 5.74. The molecular formula is C15H28N2O2. The Balaban J connectivity index is 1.71. The van der Waals surface area contributed by atoms with Gasteiger partial charge in [0.05, 0.1) is 6.61 Å². The van der Waals surface area contributed by atoms with E-state index >= 15 is 0 Å². The molecule has 0 aromatic heterocycles. The molecule has 0 aromatic rings. The van der Waals surface area contributed by atoms with Crippen LogP contribution in [0.5, 0.6) is 0 Å². The Morgan fingerprint density at radius 2 is 1.68 bits per heavy atom. The molecule has 0 heterocycles. The Labute approximate surface area is 116 Å². The van der Waals surface area contributed by atoms with Crippen molar-refractivity contribution < 1.29 is 9.90 Å². The molecule has 0 unspecified atom stereocenters. The molecular weight excluding hydrogens is 240 g/mol. The van der Waals surface area contributed by atoms with Crippen LogP contribution in [-0.4, -0.2) is 41.8 Å². The zero-order valence-corrected chi connectivity index (χ0v) is 11.9. The van der Waals surface area contributed by atoms with Crippen molar-refractivity contribution in [3.63, 3.8) is 0 Å². The lowest BCUT2D eigenvalue weighted by atomic mass is 9.91. The number of rotatable bonds is 5. The van der Waals surface area contributed by atoms with E-state index in [1.54, 1.807) is 0 Å². The Hall–Kier alpha value is -0.770. The van der Waals surface area contributed by atoms with E-state index in [9.17, 15) is 4.79 Å². The van der Waals surface area contributed by atoms with Gasteiger partial charge in [-0.25, -0.2) is 4.79 Å². The standard InChI is InChI=1S/C15H28N2O2/c18-11-10-17(14-8-9-14)15(19)16-12-13-6-4-2-1-3-5-7-13/h13-14,18H,1-12H2,(H,16,19). The number of amides is 2. The van der Waals surface area contributed by atoms with Crippen LogP contribution in [0.1, 0.15) is 57.8 Å². The van der Waals surface area contributed by atoms with Crippen molar-refractivity contribution in [3.05, 3.63) is 0 Å². The number of hydrogen-bond acceptors (Lipinski definition) is 2. The van der Waals surface area contributed by atoms with Crippen LogP contribution in [0.3, 0.4) is 0 Å². The second-order valence-corrected chi connectivity index (χ2v) is 6.05. The Bertz CT molecular complexity index is 271. The fourth-order valence-corrected chi connectivity index (χ4v) is 3.02. The normalized spacial score (nSPS) is 21.5. The average Bonchev–Trinajstić information content (AvgIpc) is 3.18. The number of nitrogens with one attached hydrogen (secondary N) is 1. The smallest absolute Gasteiger partial charge is 0.317 e. The van der Waals surface area contributed by atoms with Crippen LogP contribution in [0.4, 0.5) is 4.79 Å². The SMILES string of the molecule is O=C(NCC1CCCCCCC1)N(CCO)C1CC1. The molecule has 0 radical (unpaired) electrons. The van der Waals surface area contributed by atoms with Gasteiger partial charge in [-0.1, -0.05) is 32.1 Å². The van der Waals surface area contributed by atoms with Crippen LogP contribution in [-0.2, 0) is 0 Å². The second kappa shape index (κ2) is 7.73. The van der Waals surface area contributed by atoms with Crippen LogP contribution in [0.2, 0.25) is 0 Å². The predicted octanol–water partition coefficient (Wildman–Crippen LogP) is 2.51. The summed E-state index contributed by atoms with van der Waals surface area (Å²) < 4.78 is 0. The molecule has 110 valence electrons. The summed E-state index contributed by atoms with van der Waals surface area (Å²) >= 11 is 0. The summed E-state index contributed by atoms with van der Waals surface area (Å²) in [7, 11) is 0. The van der Waals surface area contributed by atoms with E-state index in [0.717, 1.165) is 19.4 Å². The molecule has 2 N–H and O–H groups in total.